The fourth-order valence-corrected chi connectivity index (χ4v) is 2.77. The molecule has 0 radical (unpaired) electrons. The molecular formula is C15H22O. The number of aliphatic hydroxyl groups is 1. The molecule has 1 atom stereocenters. The molecule has 0 aromatic heterocycles. The van der Waals surface area contributed by atoms with Crippen LogP contribution in [0.3, 0.4) is 0 Å². The Morgan fingerprint density at radius 2 is 1.94 bits per heavy atom. The summed E-state index contributed by atoms with van der Waals surface area (Å²) in [4.78, 5) is 0. The van der Waals surface area contributed by atoms with Crippen molar-refractivity contribution in [2.24, 2.45) is 5.92 Å². The molecule has 1 unspecified atom stereocenters. The smallest absolute Gasteiger partial charge is 0.0571 e. The number of aryl methyl sites for hydroxylation is 2. The summed E-state index contributed by atoms with van der Waals surface area (Å²) in [6.07, 6.45) is 6.95. The number of benzene rings is 1. The number of aliphatic hydroxyl groups excluding tert-OH is 1. The molecule has 0 bridgehead atoms. The molecule has 1 aliphatic rings. The Balaban J connectivity index is 1.84. The van der Waals surface area contributed by atoms with Gasteiger partial charge in [-0.05, 0) is 49.7 Å². The topological polar surface area (TPSA) is 20.2 Å². The van der Waals surface area contributed by atoms with Gasteiger partial charge in [0.25, 0.3) is 0 Å². The number of rotatable bonds is 4. The third-order valence-corrected chi connectivity index (χ3v) is 3.91. The lowest BCUT2D eigenvalue weighted by atomic mass is 9.94. The molecule has 16 heavy (non-hydrogen) atoms. The average molecular weight is 218 g/mol. The third kappa shape index (κ3) is 2.85. The van der Waals surface area contributed by atoms with E-state index in [0.29, 0.717) is 5.92 Å². The van der Waals surface area contributed by atoms with Crippen LogP contribution in [0.2, 0.25) is 0 Å². The zero-order valence-corrected chi connectivity index (χ0v) is 10.2. The van der Waals surface area contributed by atoms with Crippen molar-refractivity contribution in [1.29, 1.82) is 0 Å². The van der Waals surface area contributed by atoms with Crippen LogP contribution in [0.5, 0.6) is 0 Å². The summed E-state index contributed by atoms with van der Waals surface area (Å²) in [6, 6.07) is 8.49. The summed E-state index contributed by atoms with van der Waals surface area (Å²) in [5, 5.41) is 10.1. The number of hydrogen-bond acceptors (Lipinski definition) is 1. The maximum Gasteiger partial charge on any atom is 0.0571 e. The highest BCUT2D eigenvalue weighted by Crippen LogP contribution is 2.29. The zero-order valence-electron chi connectivity index (χ0n) is 10.2. The van der Waals surface area contributed by atoms with Crippen LogP contribution in [-0.4, -0.2) is 11.2 Å². The Morgan fingerprint density at radius 3 is 2.62 bits per heavy atom. The standard InChI is InChI=1S/C15H22O/c1-12-6-2-3-7-13(12)10-11-15(16)14-8-4-5-9-14/h2-3,6-7,14-16H,4-5,8-11H2,1H3. The van der Waals surface area contributed by atoms with Gasteiger partial charge in [-0.25, -0.2) is 0 Å². The van der Waals surface area contributed by atoms with Crippen molar-refractivity contribution in [2.45, 2.75) is 51.6 Å². The van der Waals surface area contributed by atoms with Gasteiger partial charge in [0, 0.05) is 0 Å². The highest BCUT2D eigenvalue weighted by atomic mass is 16.3. The molecule has 0 spiro atoms. The molecule has 0 heterocycles. The van der Waals surface area contributed by atoms with Crippen molar-refractivity contribution in [2.75, 3.05) is 0 Å². The van der Waals surface area contributed by atoms with Gasteiger partial charge in [0.15, 0.2) is 0 Å². The second-order valence-electron chi connectivity index (χ2n) is 5.08. The van der Waals surface area contributed by atoms with Crippen LogP contribution in [0.15, 0.2) is 24.3 Å². The summed E-state index contributed by atoms with van der Waals surface area (Å²) in [6.45, 7) is 2.15. The lowest BCUT2D eigenvalue weighted by Gasteiger charge is -2.17. The first-order chi connectivity index (χ1) is 7.77. The third-order valence-electron chi connectivity index (χ3n) is 3.91. The molecule has 0 saturated heterocycles. The van der Waals surface area contributed by atoms with Gasteiger partial charge in [-0.2, -0.15) is 0 Å². The molecule has 1 aliphatic carbocycles. The Bertz CT molecular complexity index is 326. The maximum atomic E-state index is 10.1. The number of hydrogen-bond donors (Lipinski definition) is 1. The molecular weight excluding hydrogens is 196 g/mol. The van der Waals surface area contributed by atoms with E-state index in [1.165, 1.54) is 36.8 Å². The first kappa shape index (κ1) is 11.7. The molecule has 1 aromatic carbocycles. The fourth-order valence-electron chi connectivity index (χ4n) is 2.77. The van der Waals surface area contributed by atoms with Gasteiger partial charge in [-0.15, -0.1) is 0 Å². The second kappa shape index (κ2) is 5.49. The molecule has 0 aliphatic heterocycles. The highest BCUT2D eigenvalue weighted by molar-refractivity contribution is 5.25. The van der Waals surface area contributed by atoms with E-state index in [1.54, 1.807) is 0 Å². The van der Waals surface area contributed by atoms with Gasteiger partial charge in [-0.1, -0.05) is 37.1 Å². The van der Waals surface area contributed by atoms with E-state index < -0.39 is 0 Å². The van der Waals surface area contributed by atoms with Crippen LogP contribution in [-0.2, 0) is 6.42 Å². The summed E-state index contributed by atoms with van der Waals surface area (Å²) in [5.41, 5.74) is 2.74. The molecule has 88 valence electrons. The molecule has 1 saturated carbocycles. The molecule has 2 rings (SSSR count). The lowest BCUT2D eigenvalue weighted by molar-refractivity contribution is 0.102. The minimum absolute atomic E-state index is 0.0814. The molecule has 1 aromatic rings. The SMILES string of the molecule is Cc1ccccc1CCC(O)C1CCCC1. The van der Waals surface area contributed by atoms with E-state index in [2.05, 4.69) is 31.2 Å². The monoisotopic (exact) mass is 218 g/mol. The van der Waals surface area contributed by atoms with Crippen LogP contribution in [0.4, 0.5) is 0 Å². The van der Waals surface area contributed by atoms with Gasteiger partial charge >= 0.3 is 0 Å². The van der Waals surface area contributed by atoms with E-state index >= 15 is 0 Å². The van der Waals surface area contributed by atoms with Gasteiger partial charge in [0.05, 0.1) is 6.10 Å². The van der Waals surface area contributed by atoms with Crippen molar-refractivity contribution in [1.82, 2.24) is 0 Å². The minimum Gasteiger partial charge on any atom is -0.393 e. The molecule has 0 amide bonds. The van der Waals surface area contributed by atoms with Crippen LogP contribution < -0.4 is 0 Å². The molecule has 1 fully saturated rings. The maximum absolute atomic E-state index is 10.1. The lowest BCUT2D eigenvalue weighted by Crippen LogP contribution is -2.18. The van der Waals surface area contributed by atoms with Crippen molar-refractivity contribution in [3.05, 3.63) is 35.4 Å². The van der Waals surface area contributed by atoms with Gasteiger partial charge in [0.1, 0.15) is 0 Å². The molecule has 1 heteroatoms. The summed E-state index contributed by atoms with van der Waals surface area (Å²) < 4.78 is 0. The Morgan fingerprint density at radius 1 is 1.25 bits per heavy atom. The van der Waals surface area contributed by atoms with E-state index in [1.807, 2.05) is 0 Å². The van der Waals surface area contributed by atoms with Crippen molar-refractivity contribution >= 4 is 0 Å². The summed E-state index contributed by atoms with van der Waals surface area (Å²) in [5.74, 6) is 0.573. The van der Waals surface area contributed by atoms with Crippen molar-refractivity contribution in [3.8, 4) is 0 Å². The predicted octanol–water partition coefficient (Wildman–Crippen LogP) is 3.48. The Kier molecular flexibility index (Phi) is 4.00. The largest absolute Gasteiger partial charge is 0.393 e. The van der Waals surface area contributed by atoms with Crippen LogP contribution in [0.25, 0.3) is 0 Å². The minimum atomic E-state index is -0.0814. The van der Waals surface area contributed by atoms with Gasteiger partial charge in [0.2, 0.25) is 0 Å². The van der Waals surface area contributed by atoms with Crippen molar-refractivity contribution in [3.63, 3.8) is 0 Å². The van der Waals surface area contributed by atoms with Crippen LogP contribution in [0, 0.1) is 12.8 Å². The van der Waals surface area contributed by atoms with E-state index in [4.69, 9.17) is 0 Å². The predicted molar refractivity (Wildman–Crippen MR) is 67.5 cm³/mol. The zero-order chi connectivity index (χ0) is 11.4. The summed E-state index contributed by atoms with van der Waals surface area (Å²) in [7, 11) is 0. The van der Waals surface area contributed by atoms with E-state index in [0.717, 1.165) is 12.8 Å². The van der Waals surface area contributed by atoms with Crippen molar-refractivity contribution < 1.29 is 5.11 Å². The second-order valence-corrected chi connectivity index (χ2v) is 5.08. The van der Waals surface area contributed by atoms with Crippen LogP contribution in [0.1, 0.15) is 43.2 Å². The Labute approximate surface area is 98.5 Å². The quantitative estimate of drug-likeness (QED) is 0.820. The molecule has 1 nitrogen and oxygen atoms in total. The molecule has 1 N–H and O–H groups in total. The van der Waals surface area contributed by atoms with Crippen LogP contribution >= 0.6 is 0 Å². The fraction of sp³-hybridized carbons (Fsp3) is 0.600. The normalized spacial score (nSPS) is 18.9. The van der Waals surface area contributed by atoms with E-state index in [9.17, 15) is 5.11 Å². The summed E-state index contributed by atoms with van der Waals surface area (Å²) >= 11 is 0. The average Bonchev–Trinajstić information content (AvgIpc) is 2.81. The Hall–Kier alpha value is -0.820. The van der Waals surface area contributed by atoms with Gasteiger partial charge < -0.3 is 5.11 Å². The van der Waals surface area contributed by atoms with E-state index in [-0.39, 0.29) is 6.10 Å². The highest BCUT2D eigenvalue weighted by Gasteiger charge is 2.22. The van der Waals surface area contributed by atoms with Gasteiger partial charge in [-0.3, -0.25) is 0 Å². The first-order valence-corrected chi connectivity index (χ1v) is 6.50. The first-order valence-electron chi connectivity index (χ1n) is 6.50.